The average molecular weight is 342 g/mol. The molecule has 0 atom stereocenters. The van der Waals surface area contributed by atoms with Crippen molar-refractivity contribution in [2.75, 3.05) is 11.9 Å². The lowest BCUT2D eigenvalue weighted by Gasteiger charge is -2.08. The number of carbonyl (C=O) groups is 2. The van der Waals surface area contributed by atoms with Gasteiger partial charge in [-0.25, -0.2) is 4.98 Å². The predicted molar refractivity (Wildman–Crippen MR) is 95.3 cm³/mol. The summed E-state index contributed by atoms with van der Waals surface area (Å²) in [5.74, 6) is 0.198. The van der Waals surface area contributed by atoms with Crippen molar-refractivity contribution in [1.29, 1.82) is 0 Å². The molecule has 0 fully saturated rings. The molecule has 2 amide bonds. The topological polar surface area (TPSA) is 76.0 Å². The van der Waals surface area contributed by atoms with Gasteiger partial charge in [0.05, 0.1) is 11.0 Å². The smallest absolute Gasteiger partial charge is 0.252 e. The summed E-state index contributed by atoms with van der Waals surface area (Å²) in [6, 6.07) is 9.51. The number of aromatic nitrogens is 2. The molecule has 0 aliphatic carbocycles. The number of rotatable bonds is 6. The van der Waals surface area contributed by atoms with Gasteiger partial charge in [-0.3, -0.25) is 14.9 Å². The van der Waals surface area contributed by atoms with Crippen LogP contribution in [0.15, 0.2) is 41.1 Å². The van der Waals surface area contributed by atoms with Crippen LogP contribution in [0.25, 0.3) is 11.0 Å². The van der Waals surface area contributed by atoms with E-state index in [0.29, 0.717) is 18.1 Å². The van der Waals surface area contributed by atoms with Crippen molar-refractivity contribution in [3.63, 3.8) is 0 Å². The molecule has 7 heteroatoms. The lowest BCUT2D eigenvalue weighted by Crippen LogP contribution is -2.27. The quantitative estimate of drug-likeness (QED) is 0.723. The van der Waals surface area contributed by atoms with Gasteiger partial charge in [-0.05, 0) is 30.5 Å². The van der Waals surface area contributed by atoms with Crippen molar-refractivity contribution in [1.82, 2.24) is 14.9 Å². The van der Waals surface area contributed by atoms with Crippen LogP contribution in [0.4, 0.5) is 5.95 Å². The number of hydrogen-bond donors (Lipinski definition) is 2. The molecule has 24 heavy (non-hydrogen) atoms. The molecule has 2 N–H and O–H groups in total. The van der Waals surface area contributed by atoms with Gasteiger partial charge >= 0.3 is 0 Å². The third-order valence-electron chi connectivity index (χ3n) is 3.64. The fourth-order valence-corrected chi connectivity index (χ4v) is 3.10. The minimum atomic E-state index is -0.175. The van der Waals surface area contributed by atoms with Crippen LogP contribution in [0.3, 0.4) is 0 Å². The zero-order valence-corrected chi connectivity index (χ0v) is 14.1. The number of amides is 2. The van der Waals surface area contributed by atoms with Gasteiger partial charge in [0.25, 0.3) is 5.91 Å². The van der Waals surface area contributed by atoms with Crippen LogP contribution in [-0.2, 0) is 11.3 Å². The molecule has 3 rings (SSSR count). The summed E-state index contributed by atoms with van der Waals surface area (Å²) in [6.45, 7) is 3.00. The molecule has 0 aliphatic rings. The number of benzene rings is 1. The molecule has 2 aromatic heterocycles. The van der Waals surface area contributed by atoms with Gasteiger partial charge in [0.15, 0.2) is 0 Å². The number of nitrogens with zero attached hydrogens (tertiary/aromatic N) is 2. The van der Waals surface area contributed by atoms with Crippen molar-refractivity contribution < 1.29 is 9.59 Å². The lowest BCUT2D eigenvalue weighted by atomic mass is 10.3. The summed E-state index contributed by atoms with van der Waals surface area (Å²) >= 11 is 1.46. The standard InChI is InChI=1S/C17H18N4O2S/c1-2-21-14-6-4-3-5-13(14)19-17(21)20-15(22)7-9-18-16(23)12-8-10-24-11-12/h3-6,8,10-11H,2,7,9H2,1H3,(H,18,23)(H,19,20,22). The van der Waals surface area contributed by atoms with Crippen LogP contribution >= 0.6 is 11.3 Å². The van der Waals surface area contributed by atoms with Gasteiger partial charge in [0.2, 0.25) is 11.9 Å². The summed E-state index contributed by atoms with van der Waals surface area (Å²) in [6.07, 6.45) is 0.197. The summed E-state index contributed by atoms with van der Waals surface area (Å²) < 4.78 is 1.96. The average Bonchev–Trinajstić information content (AvgIpc) is 3.22. The highest BCUT2D eigenvalue weighted by Gasteiger charge is 2.12. The van der Waals surface area contributed by atoms with E-state index in [9.17, 15) is 9.59 Å². The first-order chi connectivity index (χ1) is 11.7. The van der Waals surface area contributed by atoms with E-state index < -0.39 is 0 Å². The summed E-state index contributed by atoms with van der Waals surface area (Å²) in [7, 11) is 0. The SMILES string of the molecule is CCn1c(NC(=O)CCNC(=O)c2ccsc2)nc2ccccc21. The Morgan fingerprint density at radius 2 is 2.08 bits per heavy atom. The van der Waals surface area contributed by atoms with Crippen molar-refractivity contribution in [2.45, 2.75) is 19.9 Å². The van der Waals surface area contributed by atoms with Gasteiger partial charge in [-0.2, -0.15) is 11.3 Å². The van der Waals surface area contributed by atoms with Crippen LogP contribution in [0.1, 0.15) is 23.7 Å². The van der Waals surface area contributed by atoms with Crippen molar-refractivity contribution in [3.05, 3.63) is 46.7 Å². The Kier molecular flexibility index (Phi) is 4.90. The number of fused-ring (bicyclic) bond motifs is 1. The number of anilines is 1. The highest BCUT2D eigenvalue weighted by atomic mass is 32.1. The van der Waals surface area contributed by atoms with E-state index in [-0.39, 0.29) is 24.8 Å². The number of aryl methyl sites for hydroxylation is 1. The Bertz CT molecular complexity index is 855. The second-order valence-electron chi connectivity index (χ2n) is 5.23. The van der Waals surface area contributed by atoms with Gasteiger partial charge < -0.3 is 9.88 Å². The first-order valence-electron chi connectivity index (χ1n) is 7.74. The molecule has 0 spiro atoms. The van der Waals surface area contributed by atoms with Crippen LogP contribution < -0.4 is 10.6 Å². The molecule has 0 saturated heterocycles. The fourth-order valence-electron chi connectivity index (χ4n) is 2.46. The Morgan fingerprint density at radius 3 is 2.83 bits per heavy atom. The molecule has 0 aliphatic heterocycles. The first-order valence-corrected chi connectivity index (χ1v) is 8.69. The monoisotopic (exact) mass is 342 g/mol. The molecule has 3 aromatic rings. The molecule has 6 nitrogen and oxygen atoms in total. The fraction of sp³-hybridized carbons (Fsp3) is 0.235. The summed E-state index contributed by atoms with van der Waals surface area (Å²) in [5.41, 5.74) is 2.45. The molecule has 1 aromatic carbocycles. The molecule has 124 valence electrons. The van der Waals surface area contributed by atoms with Gasteiger partial charge in [-0.15, -0.1) is 0 Å². The second-order valence-corrected chi connectivity index (χ2v) is 6.01. The Labute approximate surface area is 143 Å². The van der Waals surface area contributed by atoms with E-state index in [4.69, 9.17) is 0 Å². The maximum absolute atomic E-state index is 12.1. The summed E-state index contributed by atoms with van der Waals surface area (Å²) in [5, 5.41) is 9.18. The Morgan fingerprint density at radius 1 is 1.25 bits per heavy atom. The maximum atomic E-state index is 12.1. The van der Waals surface area contributed by atoms with Crippen LogP contribution in [-0.4, -0.2) is 27.9 Å². The molecular weight excluding hydrogens is 324 g/mol. The number of para-hydroxylation sites is 2. The summed E-state index contributed by atoms with van der Waals surface area (Å²) in [4.78, 5) is 28.4. The number of nitrogens with one attached hydrogen (secondary N) is 2. The Balaban J connectivity index is 1.58. The van der Waals surface area contributed by atoms with Crippen LogP contribution in [0.2, 0.25) is 0 Å². The van der Waals surface area contributed by atoms with Gasteiger partial charge in [0.1, 0.15) is 0 Å². The number of carbonyl (C=O) groups excluding carboxylic acids is 2. The number of imidazole rings is 1. The maximum Gasteiger partial charge on any atom is 0.252 e. The molecule has 0 radical (unpaired) electrons. The van der Waals surface area contributed by atoms with E-state index in [0.717, 1.165) is 11.0 Å². The van der Waals surface area contributed by atoms with E-state index in [1.54, 1.807) is 11.4 Å². The zero-order valence-electron chi connectivity index (χ0n) is 13.3. The van der Waals surface area contributed by atoms with Gasteiger partial charge in [0, 0.05) is 30.5 Å². The predicted octanol–water partition coefficient (Wildman–Crippen LogP) is 2.88. The lowest BCUT2D eigenvalue weighted by molar-refractivity contribution is -0.116. The molecule has 0 bridgehead atoms. The minimum absolute atomic E-state index is 0.162. The Hall–Kier alpha value is -2.67. The van der Waals surface area contributed by atoms with Gasteiger partial charge in [-0.1, -0.05) is 12.1 Å². The van der Waals surface area contributed by atoms with Crippen molar-refractivity contribution >= 4 is 40.1 Å². The number of thiophene rings is 1. The van der Waals surface area contributed by atoms with E-state index >= 15 is 0 Å². The molecule has 0 saturated carbocycles. The number of hydrogen-bond acceptors (Lipinski definition) is 4. The zero-order chi connectivity index (χ0) is 16.9. The highest BCUT2D eigenvalue weighted by molar-refractivity contribution is 7.08. The van der Waals surface area contributed by atoms with Crippen LogP contribution in [0, 0.1) is 0 Å². The normalized spacial score (nSPS) is 10.7. The van der Waals surface area contributed by atoms with E-state index in [1.807, 2.05) is 41.1 Å². The molecule has 0 unspecified atom stereocenters. The van der Waals surface area contributed by atoms with E-state index in [1.165, 1.54) is 11.3 Å². The highest BCUT2D eigenvalue weighted by Crippen LogP contribution is 2.19. The third-order valence-corrected chi connectivity index (χ3v) is 4.33. The van der Waals surface area contributed by atoms with Crippen molar-refractivity contribution in [2.24, 2.45) is 0 Å². The molecule has 2 heterocycles. The molecular formula is C17H18N4O2S. The second kappa shape index (κ2) is 7.27. The largest absolute Gasteiger partial charge is 0.351 e. The van der Waals surface area contributed by atoms with E-state index in [2.05, 4.69) is 15.6 Å². The van der Waals surface area contributed by atoms with Crippen molar-refractivity contribution in [3.8, 4) is 0 Å². The van der Waals surface area contributed by atoms with Crippen LogP contribution in [0.5, 0.6) is 0 Å². The third kappa shape index (κ3) is 3.46. The first kappa shape index (κ1) is 16.2. The minimum Gasteiger partial charge on any atom is -0.351 e.